The summed E-state index contributed by atoms with van der Waals surface area (Å²) in [4.78, 5) is 10.9. The second kappa shape index (κ2) is 6.24. The van der Waals surface area contributed by atoms with Gasteiger partial charge in [-0.05, 0) is 24.3 Å². The summed E-state index contributed by atoms with van der Waals surface area (Å²) < 4.78 is 47.1. The molecule has 0 fully saturated rings. The van der Waals surface area contributed by atoms with Crippen LogP contribution in [0.15, 0.2) is 29.2 Å². The summed E-state index contributed by atoms with van der Waals surface area (Å²) in [6.07, 6.45) is 0. The Morgan fingerprint density at radius 2 is 1.83 bits per heavy atom. The van der Waals surface area contributed by atoms with Crippen molar-refractivity contribution in [2.75, 3.05) is 11.5 Å². The second-order valence-corrected chi connectivity index (χ2v) is 5.90. The number of hydrogen-bond donors (Lipinski definition) is 1. The zero-order valence-corrected chi connectivity index (χ0v) is 10.6. The van der Waals surface area contributed by atoms with Gasteiger partial charge in [-0.2, -0.15) is 13.2 Å². The third kappa shape index (κ3) is 5.09. The molecule has 0 spiro atoms. The molecule has 0 aliphatic carbocycles. The molecule has 0 bridgehead atoms. The van der Waals surface area contributed by atoms with Crippen LogP contribution in [0.2, 0.25) is 0 Å². The molecule has 0 aliphatic heterocycles. The molecule has 8 heteroatoms. The highest BCUT2D eigenvalue weighted by molar-refractivity contribution is 8.00. The van der Waals surface area contributed by atoms with Gasteiger partial charge in [0.1, 0.15) is 0 Å². The van der Waals surface area contributed by atoms with Gasteiger partial charge in [0.25, 0.3) is 0 Å². The number of carboxylic acid groups (broad SMARTS) is 1. The van der Waals surface area contributed by atoms with E-state index in [4.69, 9.17) is 5.11 Å². The molecule has 0 aliphatic rings. The number of aromatic carboxylic acids is 1. The first-order chi connectivity index (χ1) is 8.29. The van der Waals surface area contributed by atoms with E-state index >= 15 is 0 Å². The molecule has 0 heterocycles. The summed E-state index contributed by atoms with van der Waals surface area (Å²) in [6.45, 7) is 0. The summed E-state index contributed by atoms with van der Waals surface area (Å²) in [6, 6.07) is 5.23. The van der Waals surface area contributed by atoms with Gasteiger partial charge in [0.15, 0.2) is 0 Å². The third-order valence-electron chi connectivity index (χ3n) is 1.90. The predicted octanol–water partition coefficient (Wildman–Crippen LogP) is 2.75. The van der Waals surface area contributed by atoms with Crippen LogP contribution in [0.3, 0.4) is 0 Å². The highest BCUT2D eigenvalue weighted by Crippen LogP contribution is 2.30. The van der Waals surface area contributed by atoms with E-state index in [-0.39, 0.29) is 28.8 Å². The highest BCUT2D eigenvalue weighted by atomic mass is 32.2. The molecule has 18 heavy (non-hydrogen) atoms. The molecular weight excluding hydrogens is 289 g/mol. The fraction of sp³-hybridized carbons (Fsp3) is 0.300. The van der Waals surface area contributed by atoms with Gasteiger partial charge >= 0.3 is 11.5 Å². The Balaban J connectivity index is 2.54. The van der Waals surface area contributed by atoms with Gasteiger partial charge in [-0.25, -0.2) is 4.79 Å². The molecule has 1 unspecified atom stereocenters. The number of hydrogen-bond acceptors (Lipinski definition) is 3. The van der Waals surface area contributed by atoms with Crippen LogP contribution in [0.25, 0.3) is 0 Å². The Labute approximate surface area is 108 Å². The van der Waals surface area contributed by atoms with E-state index < -0.39 is 22.3 Å². The molecule has 0 amide bonds. The normalized spacial score (nSPS) is 13.3. The maximum absolute atomic E-state index is 11.8. The largest absolute Gasteiger partial charge is 0.478 e. The fourth-order valence-electron chi connectivity index (χ4n) is 1.10. The van der Waals surface area contributed by atoms with E-state index in [1.165, 1.54) is 24.3 Å². The topological polar surface area (TPSA) is 54.4 Å². The number of thioether (sulfide) groups is 1. The van der Waals surface area contributed by atoms with Crippen molar-refractivity contribution in [1.29, 1.82) is 0 Å². The van der Waals surface area contributed by atoms with Crippen molar-refractivity contribution >= 4 is 28.5 Å². The smallest absolute Gasteiger partial charge is 0.441 e. The number of alkyl halides is 3. The fourth-order valence-corrected chi connectivity index (χ4v) is 2.95. The summed E-state index contributed by atoms with van der Waals surface area (Å²) >= 11 is -0.223. The maximum Gasteiger partial charge on any atom is 0.441 e. The summed E-state index contributed by atoms with van der Waals surface area (Å²) in [5.41, 5.74) is -4.28. The minimum atomic E-state index is -4.32. The average molecular weight is 298 g/mol. The molecule has 1 aromatic rings. The second-order valence-electron chi connectivity index (χ2n) is 3.17. The molecule has 0 aromatic heterocycles. The molecule has 1 rings (SSSR count). The van der Waals surface area contributed by atoms with Gasteiger partial charge in [0, 0.05) is 16.4 Å². The van der Waals surface area contributed by atoms with Crippen molar-refractivity contribution in [2.24, 2.45) is 0 Å². The highest BCUT2D eigenvalue weighted by Gasteiger charge is 2.27. The van der Waals surface area contributed by atoms with Crippen LogP contribution in [-0.4, -0.2) is 32.3 Å². The SMILES string of the molecule is O=C(O)c1ccc(S(=O)CCSC(F)(F)F)cc1. The Morgan fingerprint density at radius 1 is 1.28 bits per heavy atom. The number of carboxylic acids is 1. The van der Waals surface area contributed by atoms with Gasteiger partial charge < -0.3 is 5.11 Å². The van der Waals surface area contributed by atoms with Gasteiger partial charge in [-0.3, -0.25) is 4.21 Å². The van der Waals surface area contributed by atoms with Crippen molar-refractivity contribution in [2.45, 2.75) is 10.4 Å². The summed E-state index contributed by atoms with van der Waals surface area (Å²) in [5, 5.41) is 8.64. The number of carbonyl (C=O) groups is 1. The Kier molecular flexibility index (Phi) is 5.21. The zero-order chi connectivity index (χ0) is 13.8. The zero-order valence-electron chi connectivity index (χ0n) is 8.94. The van der Waals surface area contributed by atoms with Crippen molar-refractivity contribution < 1.29 is 27.3 Å². The average Bonchev–Trinajstić information content (AvgIpc) is 2.27. The van der Waals surface area contributed by atoms with Crippen LogP contribution >= 0.6 is 11.8 Å². The lowest BCUT2D eigenvalue weighted by Crippen LogP contribution is -2.07. The molecule has 0 saturated heterocycles. The molecule has 3 nitrogen and oxygen atoms in total. The minimum absolute atomic E-state index is 0.0421. The Morgan fingerprint density at radius 3 is 2.28 bits per heavy atom. The summed E-state index contributed by atoms with van der Waals surface area (Å²) in [7, 11) is -1.55. The van der Waals surface area contributed by atoms with Crippen LogP contribution in [0, 0.1) is 0 Å². The van der Waals surface area contributed by atoms with E-state index in [1.54, 1.807) is 0 Å². The Hall–Kier alpha value is -1.02. The van der Waals surface area contributed by atoms with Gasteiger partial charge in [-0.1, -0.05) is 11.8 Å². The molecule has 0 saturated carbocycles. The number of benzene rings is 1. The first kappa shape index (κ1) is 15.0. The van der Waals surface area contributed by atoms with E-state index in [9.17, 15) is 22.2 Å². The standard InChI is InChI=1S/C10H9F3O3S2/c11-10(12,13)17-5-6-18(16)8-3-1-7(2-4-8)9(14)15/h1-4H,5-6H2,(H,14,15). The maximum atomic E-state index is 11.8. The van der Waals surface area contributed by atoms with Crippen molar-refractivity contribution in [3.05, 3.63) is 29.8 Å². The lowest BCUT2D eigenvalue weighted by Gasteiger charge is -2.05. The molecular formula is C10H9F3O3S2. The molecule has 0 radical (unpaired) electrons. The predicted molar refractivity (Wildman–Crippen MR) is 63.2 cm³/mol. The van der Waals surface area contributed by atoms with Crippen LogP contribution in [0.5, 0.6) is 0 Å². The molecule has 1 aromatic carbocycles. The van der Waals surface area contributed by atoms with E-state index in [0.29, 0.717) is 4.90 Å². The van der Waals surface area contributed by atoms with Gasteiger partial charge in [-0.15, -0.1) is 0 Å². The monoisotopic (exact) mass is 298 g/mol. The lowest BCUT2D eigenvalue weighted by atomic mass is 10.2. The van der Waals surface area contributed by atoms with Crippen LogP contribution in [0.4, 0.5) is 13.2 Å². The van der Waals surface area contributed by atoms with Gasteiger partial charge in [0.2, 0.25) is 0 Å². The van der Waals surface area contributed by atoms with Crippen LogP contribution in [0.1, 0.15) is 10.4 Å². The van der Waals surface area contributed by atoms with Crippen LogP contribution < -0.4 is 0 Å². The summed E-state index contributed by atoms with van der Waals surface area (Å²) in [5.74, 6) is -1.53. The van der Waals surface area contributed by atoms with E-state index in [2.05, 4.69) is 0 Å². The van der Waals surface area contributed by atoms with Gasteiger partial charge in [0.05, 0.1) is 16.4 Å². The lowest BCUT2D eigenvalue weighted by molar-refractivity contribution is -0.0326. The van der Waals surface area contributed by atoms with Crippen molar-refractivity contribution in [1.82, 2.24) is 0 Å². The number of rotatable bonds is 5. The Bertz CT molecular complexity index is 443. The first-order valence-corrected chi connectivity index (χ1v) is 7.02. The van der Waals surface area contributed by atoms with E-state index in [0.717, 1.165) is 0 Å². The molecule has 1 atom stereocenters. The van der Waals surface area contributed by atoms with Crippen molar-refractivity contribution in [3.8, 4) is 0 Å². The third-order valence-corrected chi connectivity index (χ3v) is 4.27. The van der Waals surface area contributed by atoms with Crippen molar-refractivity contribution in [3.63, 3.8) is 0 Å². The molecule has 100 valence electrons. The number of halogens is 3. The first-order valence-electron chi connectivity index (χ1n) is 4.72. The quantitative estimate of drug-likeness (QED) is 0.908. The minimum Gasteiger partial charge on any atom is -0.478 e. The van der Waals surface area contributed by atoms with Crippen LogP contribution in [-0.2, 0) is 10.8 Å². The van der Waals surface area contributed by atoms with E-state index in [1.807, 2.05) is 0 Å². The molecule has 1 N–H and O–H groups in total.